The predicted molar refractivity (Wildman–Crippen MR) is 138 cm³/mol. The number of ether oxygens (including phenoxy) is 1. The first-order valence-corrected chi connectivity index (χ1v) is 11.6. The van der Waals surface area contributed by atoms with Crippen LogP contribution in [-0.4, -0.2) is 33.0 Å². The van der Waals surface area contributed by atoms with Crippen LogP contribution in [-0.2, 0) is 17.4 Å². The molecule has 0 saturated carbocycles. The molecular formula is C28H22F3N5O2. The van der Waals surface area contributed by atoms with Gasteiger partial charge in [-0.2, -0.15) is 13.2 Å². The lowest BCUT2D eigenvalue weighted by atomic mass is 9.98. The van der Waals surface area contributed by atoms with E-state index in [9.17, 15) is 18.0 Å². The van der Waals surface area contributed by atoms with Crippen LogP contribution in [0.3, 0.4) is 0 Å². The third-order valence-electron chi connectivity index (χ3n) is 6.05. The molecule has 0 unspecified atom stereocenters. The maximum atomic E-state index is 12.9. The first kappa shape index (κ1) is 24.9. The first-order chi connectivity index (χ1) is 18.2. The predicted octanol–water partition coefficient (Wildman–Crippen LogP) is 6.20. The van der Waals surface area contributed by atoms with E-state index in [0.29, 0.717) is 5.88 Å². The molecular weight excluding hydrogens is 495 g/mol. The molecule has 0 saturated heterocycles. The summed E-state index contributed by atoms with van der Waals surface area (Å²) in [6.07, 6.45) is 0.00848. The molecule has 0 atom stereocenters. The lowest BCUT2D eigenvalue weighted by Crippen LogP contribution is -2.16. The number of hydrogen-bond donors (Lipinski definition) is 2. The number of nitrogens with zero attached hydrogens (tertiary/aromatic N) is 3. The fourth-order valence-corrected chi connectivity index (χ4v) is 4.19. The normalized spacial score (nSPS) is 11.5. The highest BCUT2D eigenvalue weighted by Gasteiger charge is 2.30. The van der Waals surface area contributed by atoms with Crippen LogP contribution in [0.5, 0.6) is 5.88 Å². The zero-order chi connectivity index (χ0) is 26.9. The first-order valence-electron chi connectivity index (χ1n) is 11.6. The van der Waals surface area contributed by atoms with Gasteiger partial charge in [-0.25, -0.2) is 15.0 Å². The number of hydrogen-bond acceptors (Lipinski definition) is 5. The van der Waals surface area contributed by atoms with Crippen LogP contribution in [0, 0.1) is 6.92 Å². The highest BCUT2D eigenvalue weighted by molar-refractivity contribution is 5.92. The van der Waals surface area contributed by atoms with E-state index in [1.54, 1.807) is 25.6 Å². The van der Waals surface area contributed by atoms with E-state index in [4.69, 9.17) is 4.74 Å². The van der Waals surface area contributed by atoms with Crippen LogP contribution in [0.15, 0.2) is 73.2 Å². The summed E-state index contributed by atoms with van der Waals surface area (Å²) in [5.74, 6) is -0.0669. The number of amides is 1. The maximum Gasteiger partial charge on any atom is 0.416 e. The van der Waals surface area contributed by atoms with Gasteiger partial charge >= 0.3 is 6.18 Å². The zero-order valence-corrected chi connectivity index (χ0v) is 20.4. The summed E-state index contributed by atoms with van der Waals surface area (Å²) < 4.78 is 43.9. The molecule has 10 heteroatoms. The average Bonchev–Trinajstić information content (AvgIpc) is 3.32. The molecule has 5 aromatic rings. The van der Waals surface area contributed by atoms with Crippen molar-refractivity contribution in [3.8, 4) is 28.3 Å². The van der Waals surface area contributed by atoms with Crippen molar-refractivity contribution in [3.05, 3.63) is 89.9 Å². The Hall–Kier alpha value is -4.73. The van der Waals surface area contributed by atoms with Gasteiger partial charge in [0, 0.05) is 46.9 Å². The summed E-state index contributed by atoms with van der Waals surface area (Å²) in [5, 5.41) is 3.37. The van der Waals surface area contributed by atoms with Crippen LogP contribution in [0.25, 0.3) is 33.4 Å². The molecule has 7 nitrogen and oxygen atoms in total. The third-order valence-corrected chi connectivity index (χ3v) is 6.05. The van der Waals surface area contributed by atoms with Crippen molar-refractivity contribution in [1.82, 2.24) is 19.9 Å². The maximum absolute atomic E-state index is 12.9. The van der Waals surface area contributed by atoms with Crippen LogP contribution >= 0.6 is 0 Å². The molecule has 0 aliphatic heterocycles. The smallest absolute Gasteiger partial charge is 0.416 e. The van der Waals surface area contributed by atoms with Gasteiger partial charge in [-0.1, -0.05) is 18.2 Å². The quantitative estimate of drug-likeness (QED) is 0.280. The number of rotatable bonds is 6. The number of carbonyl (C=O) groups excluding carboxylic acids is 1. The van der Waals surface area contributed by atoms with Crippen molar-refractivity contribution in [2.24, 2.45) is 0 Å². The van der Waals surface area contributed by atoms with Crippen molar-refractivity contribution in [1.29, 1.82) is 0 Å². The van der Waals surface area contributed by atoms with Gasteiger partial charge in [0.2, 0.25) is 11.8 Å². The number of benzene rings is 1. The minimum absolute atomic E-state index is 0.00655. The van der Waals surface area contributed by atoms with Gasteiger partial charge in [-0.15, -0.1) is 0 Å². The van der Waals surface area contributed by atoms with Crippen molar-refractivity contribution < 1.29 is 22.7 Å². The van der Waals surface area contributed by atoms with Crippen LogP contribution < -0.4 is 10.1 Å². The number of aryl methyl sites for hydroxylation is 1. The van der Waals surface area contributed by atoms with E-state index in [-0.39, 0.29) is 12.2 Å². The fourth-order valence-electron chi connectivity index (χ4n) is 4.19. The highest BCUT2D eigenvalue weighted by atomic mass is 19.4. The molecule has 0 bridgehead atoms. The number of alkyl halides is 3. The summed E-state index contributed by atoms with van der Waals surface area (Å²) in [4.78, 5) is 28.4. The number of methoxy groups -OCH3 is 1. The highest BCUT2D eigenvalue weighted by Crippen LogP contribution is 2.31. The summed E-state index contributed by atoms with van der Waals surface area (Å²) >= 11 is 0. The summed E-state index contributed by atoms with van der Waals surface area (Å²) in [6, 6.07) is 15.0. The number of aromatic amines is 1. The van der Waals surface area contributed by atoms with Gasteiger partial charge in [0.1, 0.15) is 11.5 Å². The molecule has 1 aromatic carbocycles. The number of nitrogens with one attached hydrogen (secondary N) is 2. The molecule has 0 spiro atoms. The van der Waals surface area contributed by atoms with E-state index in [1.165, 1.54) is 0 Å². The minimum Gasteiger partial charge on any atom is -0.481 e. The van der Waals surface area contributed by atoms with Gasteiger partial charge in [0.25, 0.3) is 0 Å². The van der Waals surface area contributed by atoms with Crippen LogP contribution in [0.2, 0.25) is 0 Å². The molecule has 4 aromatic heterocycles. The average molecular weight is 518 g/mol. The summed E-state index contributed by atoms with van der Waals surface area (Å²) in [7, 11) is 1.57. The second kappa shape index (κ2) is 9.97. The Labute approximate surface area is 215 Å². The second-order valence-corrected chi connectivity index (χ2v) is 8.74. The summed E-state index contributed by atoms with van der Waals surface area (Å²) in [6.45, 7) is 1.93. The molecule has 0 aliphatic carbocycles. The number of pyridine rings is 3. The van der Waals surface area contributed by atoms with Crippen LogP contribution in [0.1, 0.15) is 16.7 Å². The van der Waals surface area contributed by atoms with Gasteiger partial charge in [-0.3, -0.25) is 4.79 Å². The van der Waals surface area contributed by atoms with Gasteiger partial charge < -0.3 is 15.0 Å². The zero-order valence-electron chi connectivity index (χ0n) is 20.4. The van der Waals surface area contributed by atoms with Crippen molar-refractivity contribution in [3.63, 3.8) is 0 Å². The minimum atomic E-state index is -4.51. The lowest BCUT2D eigenvalue weighted by molar-refractivity contribution is -0.137. The monoisotopic (exact) mass is 517 g/mol. The summed E-state index contributed by atoms with van der Waals surface area (Å²) in [5.41, 5.74) is 5.19. The molecule has 1 amide bonds. The SMILES string of the molecule is COc1ccc(-c2cc3cc(-c4ccc(CC(=O)Nc5cc(C(F)(F)F)ccn5)cc4C)cnc3[nH]2)cn1. The Morgan fingerprint density at radius 1 is 0.974 bits per heavy atom. The Morgan fingerprint density at radius 2 is 1.79 bits per heavy atom. The topological polar surface area (TPSA) is 92.8 Å². The molecule has 38 heavy (non-hydrogen) atoms. The molecule has 4 heterocycles. The number of anilines is 1. The molecule has 0 fully saturated rings. The number of halogens is 3. The Kier molecular flexibility index (Phi) is 6.54. The van der Waals surface area contributed by atoms with Gasteiger partial charge in [0.05, 0.1) is 19.1 Å². The molecule has 5 rings (SSSR count). The Bertz CT molecular complexity index is 1630. The lowest BCUT2D eigenvalue weighted by Gasteiger charge is -2.11. The van der Waals surface area contributed by atoms with E-state index >= 15 is 0 Å². The fraction of sp³-hybridized carbons (Fsp3) is 0.143. The van der Waals surface area contributed by atoms with Crippen molar-refractivity contribution >= 4 is 22.8 Å². The molecule has 0 aliphatic rings. The molecule has 192 valence electrons. The van der Waals surface area contributed by atoms with Crippen molar-refractivity contribution in [2.45, 2.75) is 19.5 Å². The standard InChI is InChI=1S/C28H22F3N5O2/c1-16-9-17(10-25(37)36-24-13-21(7-8-32-24)28(29,30)31)3-5-22(16)20-11-19-12-23(35-27(19)34-15-20)18-4-6-26(38-2)33-14-18/h3-9,11-15H,10H2,1-2H3,(H,34,35)(H,32,36,37). The van der Waals surface area contributed by atoms with Crippen molar-refractivity contribution in [2.75, 3.05) is 12.4 Å². The van der Waals surface area contributed by atoms with Gasteiger partial charge in [0.15, 0.2) is 0 Å². The van der Waals surface area contributed by atoms with E-state index in [1.807, 2.05) is 43.3 Å². The Balaban J connectivity index is 1.32. The van der Waals surface area contributed by atoms with E-state index in [0.717, 1.165) is 62.9 Å². The Morgan fingerprint density at radius 3 is 2.50 bits per heavy atom. The number of H-pyrrole nitrogens is 1. The molecule has 2 N–H and O–H groups in total. The third kappa shape index (κ3) is 5.34. The van der Waals surface area contributed by atoms with E-state index < -0.39 is 17.6 Å². The number of aromatic nitrogens is 4. The number of fused-ring (bicyclic) bond motifs is 1. The number of carbonyl (C=O) groups is 1. The van der Waals surface area contributed by atoms with Gasteiger partial charge in [-0.05, 0) is 53.9 Å². The molecule has 0 radical (unpaired) electrons. The van der Waals surface area contributed by atoms with E-state index in [2.05, 4.69) is 25.3 Å². The second-order valence-electron chi connectivity index (χ2n) is 8.74. The van der Waals surface area contributed by atoms with Crippen LogP contribution in [0.4, 0.5) is 19.0 Å². The largest absolute Gasteiger partial charge is 0.481 e.